The number of phenols is 2. The summed E-state index contributed by atoms with van der Waals surface area (Å²) in [5.74, 6) is 2.14. The number of methoxy groups -OCH3 is 2. The van der Waals surface area contributed by atoms with E-state index in [0.717, 1.165) is 33.5 Å². The lowest BCUT2D eigenvalue weighted by atomic mass is 10.1. The standard InChI is InChI=1S/C36H28N6O4/c1-45-29-19-25(13-15-27(29)43)33-35(41-17-5-3-7-31(41)39-33)37-21-23-9-11-24(12-10-23)22-38-36-34(40-32-8-4-6-18-42(32)36)26-14-16-28(44)30(20-26)46-2/h3-22,43-44H,1-2H3. The first-order valence-electron chi connectivity index (χ1n) is 14.4. The van der Waals surface area contributed by atoms with Crippen LogP contribution in [0.3, 0.4) is 0 Å². The molecule has 0 aliphatic rings. The second kappa shape index (κ2) is 11.9. The van der Waals surface area contributed by atoms with E-state index >= 15 is 0 Å². The fourth-order valence-electron chi connectivity index (χ4n) is 5.19. The second-order valence-corrected chi connectivity index (χ2v) is 10.4. The molecule has 10 nitrogen and oxygen atoms in total. The lowest BCUT2D eigenvalue weighted by molar-refractivity contribution is 0.373. The lowest BCUT2D eigenvalue weighted by Gasteiger charge is -2.06. The predicted octanol–water partition coefficient (Wildman–Crippen LogP) is 7.25. The molecule has 0 aliphatic carbocycles. The molecule has 3 aromatic carbocycles. The smallest absolute Gasteiger partial charge is 0.165 e. The number of phenolic OH excluding ortho intramolecular Hbond substituents is 2. The van der Waals surface area contributed by atoms with E-state index in [-0.39, 0.29) is 11.5 Å². The maximum atomic E-state index is 10.1. The minimum absolute atomic E-state index is 0.0573. The minimum atomic E-state index is 0.0573. The highest BCUT2D eigenvalue weighted by molar-refractivity contribution is 5.89. The van der Waals surface area contributed by atoms with E-state index in [1.165, 1.54) is 14.2 Å². The van der Waals surface area contributed by atoms with Crippen LogP contribution in [-0.4, -0.2) is 55.6 Å². The van der Waals surface area contributed by atoms with Gasteiger partial charge in [0.2, 0.25) is 0 Å². The average molecular weight is 609 g/mol. The molecular formula is C36H28N6O4. The molecule has 0 fully saturated rings. The number of imidazole rings is 2. The number of hydrogen-bond donors (Lipinski definition) is 2. The molecule has 2 N–H and O–H groups in total. The van der Waals surface area contributed by atoms with Crippen molar-refractivity contribution in [3.05, 3.63) is 121 Å². The third-order valence-electron chi connectivity index (χ3n) is 7.52. The first-order chi connectivity index (χ1) is 22.5. The van der Waals surface area contributed by atoms with Gasteiger partial charge < -0.3 is 19.7 Å². The molecule has 0 atom stereocenters. The molecule has 0 saturated heterocycles. The zero-order chi connectivity index (χ0) is 31.6. The quantitative estimate of drug-likeness (QED) is 0.176. The Balaban J connectivity index is 1.19. The average Bonchev–Trinajstić information content (AvgIpc) is 3.66. The highest BCUT2D eigenvalue weighted by atomic mass is 16.5. The van der Waals surface area contributed by atoms with Crippen LogP contribution in [-0.2, 0) is 0 Å². The van der Waals surface area contributed by atoms with Crippen molar-refractivity contribution in [2.75, 3.05) is 14.2 Å². The monoisotopic (exact) mass is 608 g/mol. The van der Waals surface area contributed by atoms with Gasteiger partial charge in [0.1, 0.15) is 22.7 Å². The molecule has 7 aromatic rings. The maximum Gasteiger partial charge on any atom is 0.165 e. The first kappa shape index (κ1) is 28.4. The predicted molar refractivity (Wildman–Crippen MR) is 179 cm³/mol. The van der Waals surface area contributed by atoms with Crippen molar-refractivity contribution >= 4 is 35.4 Å². The Hall–Kier alpha value is -6.42. The summed E-state index contributed by atoms with van der Waals surface area (Å²) in [6.45, 7) is 0. The number of nitrogens with zero attached hydrogens (tertiary/aromatic N) is 6. The van der Waals surface area contributed by atoms with Gasteiger partial charge in [-0.05, 0) is 71.8 Å². The molecule has 0 saturated carbocycles. The summed E-state index contributed by atoms with van der Waals surface area (Å²) in [7, 11) is 3.03. The summed E-state index contributed by atoms with van der Waals surface area (Å²) in [5, 5.41) is 20.2. The number of benzene rings is 3. The van der Waals surface area contributed by atoms with Gasteiger partial charge in [0, 0.05) is 35.9 Å². The Morgan fingerprint density at radius 3 is 1.43 bits per heavy atom. The number of hydrogen-bond acceptors (Lipinski definition) is 8. The molecule has 0 bridgehead atoms. The molecule has 7 rings (SSSR count). The van der Waals surface area contributed by atoms with E-state index in [4.69, 9.17) is 29.4 Å². The van der Waals surface area contributed by atoms with Gasteiger partial charge in [0.05, 0.1) is 14.2 Å². The van der Waals surface area contributed by atoms with Crippen molar-refractivity contribution in [2.45, 2.75) is 0 Å². The van der Waals surface area contributed by atoms with Crippen molar-refractivity contribution in [3.8, 4) is 45.5 Å². The Morgan fingerprint density at radius 2 is 1.02 bits per heavy atom. The van der Waals surface area contributed by atoms with E-state index < -0.39 is 0 Å². The molecule has 0 aliphatic heterocycles. The summed E-state index contributed by atoms with van der Waals surface area (Å²) < 4.78 is 14.5. The Labute approximate surface area is 263 Å². The van der Waals surface area contributed by atoms with Gasteiger partial charge in [-0.1, -0.05) is 36.4 Å². The molecule has 0 amide bonds. The van der Waals surface area contributed by atoms with Crippen molar-refractivity contribution in [2.24, 2.45) is 9.98 Å². The van der Waals surface area contributed by atoms with Crippen LogP contribution in [0.5, 0.6) is 23.0 Å². The second-order valence-electron chi connectivity index (χ2n) is 10.4. The molecule has 4 aromatic heterocycles. The Kier molecular flexibility index (Phi) is 7.35. The summed E-state index contributed by atoms with van der Waals surface area (Å²) in [4.78, 5) is 19.3. The van der Waals surface area contributed by atoms with Crippen LogP contribution in [0.4, 0.5) is 11.6 Å². The van der Waals surface area contributed by atoms with Gasteiger partial charge in [-0.15, -0.1) is 0 Å². The van der Waals surface area contributed by atoms with Crippen LogP contribution in [0.2, 0.25) is 0 Å². The number of fused-ring (bicyclic) bond motifs is 2. The molecule has 226 valence electrons. The normalized spacial score (nSPS) is 11.7. The van der Waals surface area contributed by atoms with Crippen LogP contribution >= 0.6 is 0 Å². The zero-order valence-corrected chi connectivity index (χ0v) is 24.9. The SMILES string of the molecule is COc1cc(-c2nc3ccccn3c2N=Cc2ccc(C=Nc3c(-c4ccc(O)c(OC)c4)nc4ccccn34)cc2)ccc1O. The lowest BCUT2D eigenvalue weighted by Crippen LogP contribution is -1.88. The maximum absolute atomic E-state index is 10.1. The van der Waals surface area contributed by atoms with Crippen LogP contribution in [0.25, 0.3) is 33.8 Å². The molecule has 4 heterocycles. The highest BCUT2D eigenvalue weighted by Crippen LogP contribution is 2.37. The molecular weight excluding hydrogens is 580 g/mol. The fourth-order valence-corrected chi connectivity index (χ4v) is 5.19. The topological polar surface area (TPSA) is 118 Å². The van der Waals surface area contributed by atoms with Gasteiger partial charge in [0.15, 0.2) is 34.6 Å². The summed E-state index contributed by atoms with van der Waals surface area (Å²) >= 11 is 0. The fraction of sp³-hybridized carbons (Fsp3) is 0.0556. The molecule has 0 spiro atoms. The molecule has 46 heavy (non-hydrogen) atoms. The number of aromatic hydroxyl groups is 2. The molecule has 0 unspecified atom stereocenters. The summed E-state index contributed by atoms with van der Waals surface area (Å²) in [6.07, 6.45) is 7.41. The van der Waals surface area contributed by atoms with Gasteiger partial charge >= 0.3 is 0 Å². The Morgan fingerprint density at radius 1 is 0.587 bits per heavy atom. The number of aromatic nitrogens is 4. The molecule has 0 radical (unpaired) electrons. The Bertz CT molecular complexity index is 2110. The van der Waals surface area contributed by atoms with Crippen LogP contribution in [0.1, 0.15) is 11.1 Å². The minimum Gasteiger partial charge on any atom is -0.504 e. The van der Waals surface area contributed by atoms with Crippen molar-refractivity contribution in [1.29, 1.82) is 0 Å². The largest absolute Gasteiger partial charge is 0.504 e. The highest BCUT2D eigenvalue weighted by Gasteiger charge is 2.16. The number of rotatable bonds is 8. The van der Waals surface area contributed by atoms with E-state index in [2.05, 4.69) is 0 Å². The van der Waals surface area contributed by atoms with Crippen LogP contribution in [0, 0.1) is 0 Å². The van der Waals surface area contributed by atoms with Gasteiger partial charge in [-0.3, -0.25) is 8.80 Å². The number of aliphatic imine (C=N–C) groups is 2. The molecule has 10 heteroatoms. The third kappa shape index (κ3) is 5.28. The zero-order valence-electron chi connectivity index (χ0n) is 24.9. The van der Waals surface area contributed by atoms with Crippen LogP contribution in [0.15, 0.2) is 119 Å². The van der Waals surface area contributed by atoms with E-state index in [0.29, 0.717) is 34.5 Å². The van der Waals surface area contributed by atoms with Crippen molar-refractivity contribution in [3.63, 3.8) is 0 Å². The van der Waals surface area contributed by atoms with E-state index in [9.17, 15) is 10.2 Å². The number of pyridine rings is 2. The van der Waals surface area contributed by atoms with Crippen LogP contribution < -0.4 is 9.47 Å². The van der Waals surface area contributed by atoms with E-state index in [1.807, 2.05) is 81.9 Å². The number of ether oxygens (including phenoxy) is 2. The summed E-state index contributed by atoms with van der Waals surface area (Å²) in [6, 6.07) is 29.7. The van der Waals surface area contributed by atoms with Crippen molar-refractivity contribution in [1.82, 2.24) is 18.8 Å². The van der Waals surface area contributed by atoms with Gasteiger partial charge in [-0.2, -0.15) is 0 Å². The van der Waals surface area contributed by atoms with E-state index in [1.54, 1.807) is 48.8 Å². The first-order valence-corrected chi connectivity index (χ1v) is 14.4. The van der Waals surface area contributed by atoms with Gasteiger partial charge in [-0.25, -0.2) is 20.0 Å². The van der Waals surface area contributed by atoms with Crippen molar-refractivity contribution < 1.29 is 19.7 Å². The van der Waals surface area contributed by atoms with Gasteiger partial charge in [0.25, 0.3) is 0 Å². The third-order valence-corrected chi connectivity index (χ3v) is 7.52. The summed E-state index contributed by atoms with van der Waals surface area (Å²) in [5.41, 5.74) is 6.16.